The largest absolute Gasteiger partial charge is 0.393 e. The molecule has 2 aromatic rings. The maximum atomic E-state index is 10.5. The third-order valence-corrected chi connectivity index (χ3v) is 8.96. The first-order chi connectivity index (χ1) is 17.2. The fourth-order valence-electron chi connectivity index (χ4n) is 5.19. The minimum Gasteiger partial charge on any atom is -0.393 e. The van der Waals surface area contributed by atoms with Crippen molar-refractivity contribution in [1.82, 2.24) is 18.3 Å². The number of imidazole rings is 2. The Morgan fingerprint density at radius 2 is 1.03 bits per heavy atom. The molecule has 0 amide bonds. The van der Waals surface area contributed by atoms with Gasteiger partial charge in [-0.3, -0.25) is 0 Å². The molecule has 212 valence electrons. The molecule has 2 unspecified atom stereocenters. The highest BCUT2D eigenvalue weighted by atomic mass is 32.1. The lowest BCUT2D eigenvalue weighted by atomic mass is 9.93. The topological polar surface area (TPSA) is 60.2 Å². The summed E-state index contributed by atoms with van der Waals surface area (Å²) >= 11 is 20.5. The molecule has 0 aromatic carbocycles. The van der Waals surface area contributed by atoms with E-state index in [2.05, 4.69) is 75.9 Å². The first-order valence-electron chi connectivity index (χ1n) is 13.6. The molecule has 0 fully saturated rings. The summed E-state index contributed by atoms with van der Waals surface area (Å²) in [6, 6.07) is 0. The van der Waals surface area contributed by atoms with Gasteiger partial charge in [-0.25, -0.2) is 0 Å². The molecule has 0 aliphatic heterocycles. The van der Waals surface area contributed by atoms with Gasteiger partial charge in [-0.05, 0) is 124 Å². The molecule has 0 bridgehead atoms. The van der Waals surface area contributed by atoms with E-state index in [-0.39, 0.29) is 23.3 Å². The molecule has 6 nitrogen and oxygen atoms in total. The van der Waals surface area contributed by atoms with E-state index in [4.69, 9.17) is 24.4 Å². The summed E-state index contributed by atoms with van der Waals surface area (Å²) in [5, 5.41) is 22.8. The first-order valence-corrected chi connectivity index (χ1v) is 15.4. The standard InChI is InChI=1S/C27H48N4O2S4/c1-7-28-18-22(34)30(24(28)36)26(3,4)16-10-14-20(32)12-9-13-21(33)15-11-17-27(5,6)31-23(35)19-29(8-2)25(31)37/h18-21,32-35H,7-17H2,1-6H3. The van der Waals surface area contributed by atoms with Crippen LogP contribution in [0.1, 0.15) is 99.3 Å². The second-order valence-electron chi connectivity index (χ2n) is 11.4. The summed E-state index contributed by atoms with van der Waals surface area (Å²) in [5.41, 5.74) is -0.315. The van der Waals surface area contributed by atoms with Crippen LogP contribution in [0.5, 0.6) is 0 Å². The van der Waals surface area contributed by atoms with Gasteiger partial charge in [0, 0.05) is 36.6 Å². The van der Waals surface area contributed by atoms with Crippen LogP contribution in [-0.2, 0) is 24.2 Å². The van der Waals surface area contributed by atoms with Crippen LogP contribution >= 0.6 is 49.7 Å². The predicted molar refractivity (Wildman–Crippen MR) is 165 cm³/mol. The van der Waals surface area contributed by atoms with E-state index in [9.17, 15) is 10.2 Å². The quantitative estimate of drug-likeness (QED) is 0.122. The summed E-state index contributed by atoms with van der Waals surface area (Å²) in [6.45, 7) is 14.5. The molecule has 0 aliphatic carbocycles. The highest BCUT2D eigenvalue weighted by Crippen LogP contribution is 2.30. The zero-order valence-electron chi connectivity index (χ0n) is 23.5. The van der Waals surface area contributed by atoms with Crippen LogP contribution in [0.25, 0.3) is 0 Å². The molecular formula is C27H48N4O2S4. The zero-order valence-corrected chi connectivity index (χ0v) is 26.9. The molecule has 0 spiro atoms. The van der Waals surface area contributed by atoms with Crippen LogP contribution in [0.4, 0.5) is 0 Å². The van der Waals surface area contributed by atoms with Gasteiger partial charge in [0.25, 0.3) is 0 Å². The van der Waals surface area contributed by atoms with E-state index in [0.29, 0.717) is 0 Å². The van der Waals surface area contributed by atoms with Crippen LogP contribution in [0.15, 0.2) is 22.4 Å². The Bertz CT molecular complexity index is 1030. The molecule has 0 saturated carbocycles. The Kier molecular flexibility index (Phi) is 12.6. The van der Waals surface area contributed by atoms with Gasteiger partial charge >= 0.3 is 0 Å². The summed E-state index contributed by atoms with van der Waals surface area (Å²) in [6.07, 6.45) is 10.7. The predicted octanol–water partition coefficient (Wildman–Crippen LogP) is 7.37. The van der Waals surface area contributed by atoms with E-state index in [1.54, 1.807) is 0 Å². The molecule has 0 aliphatic rings. The molecule has 2 rings (SSSR count). The van der Waals surface area contributed by atoms with Crippen molar-refractivity contribution in [3.8, 4) is 0 Å². The number of thiol groups is 2. The molecule has 0 saturated heterocycles. The Balaban J connectivity index is 1.71. The van der Waals surface area contributed by atoms with E-state index in [0.717, 1.165) is 90.5 Å². The van der Waals surface area contributed by atoms with Gasteiger partial charge in [0.2, 0.25) is 0 Å². The number of nitrogens with zero attached hydrogens (tertiary/aromatic N) is 4. The second-order valence-corrected chi connectivity index (χ2v) is 13.1. The van der Waals surface area contributed by atoms with Crippen molar-refractivity contribution in [2.75, 3.05) is 0 Å². The Morgan fingerprint density at radius 1 is 0.703 bits per heavy atom. The second kappa shape index (κ2) is 14.2. The number of aliphatic hydroxyl groups excluding tert-OH is 2. The van der Waals surface area contributed by atoms with E-state index in [1.807, 2.05) is 21.5 Å². The fraction of sp³-hybridized carbons (Fsp3) is 0.778. The zero-order chi connectivity index (χ0) is 28.0. The highest BCUT2D eigenvalue weighted by molar-refractivity contribution is 7.80. The lowest BCUT2D eigenvalue weighted by Crippen LogP contribution is -2.27. The SMILES string of the molecule is CCn1cc(S)n(C(C)(C)CCCC(O)CCCC(O)CCCC(C)(C)n2c(S)cn(CC)c2=S)c1=S. The maximum absolute atomic E-state index is 10.5. The molecule has 2 atom stereocenters. The monoisotopic (exact) mass is 588 g/mol. The lowest BCUT2D eigenvalue weighted by Gasteiger charge is -2.28. The number of hydrogen-bond acceptors (Lipinski definition) is 6. The maximum Gasteiger partial charge on any atom is 0.181 e. The van der Waals surface area contributed by atoms with Gasteiger partial charge < -0.3 is 28.5 Å². The average molecular weight is 589 g/mol. The average Bonchev–Trinajstić information content (AvgIpc) is 3.27. The number of hydrogen-bond donors (Lipinski definition) is 4. The molecule has 0 radical (unpaired) electrons. The molecule has 10 heteroatoms. The van der Waals surface area contributed by atoms with Crippen LogP contribution in [0, 0.1) is 9.54 Å². The number of aliphatic hydroxyl groups is 2. The first kappa shape index (κ1) is 32.7. The van der Waals surface area contributed by atoms with Crippen molar-refractivity contribution in [2.45, 2.75) is 146 Å². The van der Waals surface area contributed by atoms with Crippen LogP contribution in [0.3, 0.4) is 0 Å². The fourth-order valence-corrected chi connectivity index (χ4v) is 7.39. The number of aryl methyl sites for hydroxylation is 2. The molecule has 37 heavy (non-hydrogen) atoms. The van der Waals surface area contributed by atoms with Gasteiger partial charge in [0.15, 0.2) is 9.54 Å². The summed E-state index contributed by atoms with van der Waals surface area (Å²) in [7, 11) is 0. The van der Waals surface area contributed by atoms with Crippen molar-refractivity contribution < 1.29 is 10.2 Å². The molecule has 2 heterocycles. The van der Waals surface area contributed by atoms with E-state index >= 15 is 0 Å². The Labute approximate surface area is 244 Å². The Hall–Kier alpha value is -0.520. The van der Waals surface area contributed by atoms with Gasteiger partial charge in [0.1, 0.15) is 0 Å². The third-order valence-electron chi connectivity index (χ3n) is 7.49. The van der Waals surface area contributed by atoms with Crippen molar-refractivity contribution >= 4 is 49.7 Å². The van der Waals surface area contributed by atoms with Crippen molar-refractivity contribution in [3.63, 3.8) is 0 Å². The van der Waals surface area contributed by atoms with E-state index in [1.165, 1.54) is 0 Å². The van der Waals surface area contributed by atoms with E-state index < -0.39 is 0 Å². The van der Waals surface area contributed by atoms with Crippen molar-refractivity contribution in [1.29, 1.82) is 0 Å². The van der Waals surface area contributed by atoms with Crippen LogP contribution in [-0.4, -0.2) is 40.7 Å². The summed E-state index contributed by atoms with van der Waals surface area (Å²) in [4.78, 5) is 0. The van der Waals surface area contributed by atoms with Crippen LogP contribution < -0.4 is 0 Å². The normalized spacial score (nSPS) is 14.3. The minimum absolute atomic E-state index is 0.157. The summed E-state index contributed by atoms with van der Waals surface area (Å²) in [5.74, 6) is 0. The molecular weight excluding hydrogens is 541 g/mol. The molecule has 2 N–H and O–H groups in total. The number of aromatic nitrogens is 4. The molecule has 2 aromatic heterocycles. The van der Waals surface area contributed by atoms with Gasteiger partial charge in [0.05, 0.1) is 22.3 Å². The highest BCUT2D eigenvalue weighted by Gasteiger charge is 2.25. The smallest absolute Gasteiger partial charge is 0.181 e. The van der Waals surface area contributed by atoms with Gasteiger partial charge in [-0.15, -0.1) is 25.3 Å². The van der Waals surface area contributed by atoms with Crippen molar-refractivity contribution in [3.05, 3.63) is 21.9 Å². The van der Waals surface area contributed by atoms with Gasteiger partial charge in [-0.2, -0.15) is 0 Å². The minimum atomic E-state index is -0.344. The van der Waals surface area contributed by atoms with Gasteiger partial charge in [-0.1, -0.05) is 0 Å². The van der Waals surface area contributed by atoms with Crippen LogP contribution in [0.2, 0.25) is 0 Å². The third kappa shape index (κ3) is 8.73. The Morgan fingerprint density at radius 3 is 1.32 bits per heavy atom. The number of rotatable bonds is 16. The van der Waals surface area contributed by atoms with Crippen molar-refractivity contribution in [2.24, 2.45) is 0 Å². The lowest BCUT2D eigenvalue weighted by molar-refractivity contribution is 0.116. The summed E-state index contributed by atoms with van der Waals surface area (Å²) < 4.78 is 9.90.